The third-order valence-corrected chi connectivity index (χ3v) is 5.53. The lowest BCUT2D eigenvalue weighted by Gasteiger charge is -2.24. The van der Waals surface area contributed by atoms with Gasteiger partial charge in [-0.25, -0.2) is 0 Å². The minimum Gasteiger partial charge on any atom is -0.507 e. The van der Waals surface area contributed by atoms with Crippen molar-refractivity contribution in [2.24, 2.45) is 0 Å². The van der Waals surface area contributed by atoms with Gasteiger partial charge >= 0.3 is 0 Å². The Bertz CT molecular complexity index is 1040. The summed E-state index contributed by atoms with van der Waals surface area (Å²) in [7, 11) is 3.80. The zero-order valence-corrected chi connectivity index (χ0v) is 17.6. The number of likely N-dealkylation sites (tertiary alicyclic amines) is 1. The highest BCUT2D eigenvalue weighted by Gasteiger charge is 2.47. The number of fused-ring (bicyclic) bond motifs is 1. The summed E-state index contributed by atoms with van der Waals surface area (Å²) in [6.07, 6.45) is 0.800. The average Bonchev–Trinajstić information content (AvgIpc) is 3.35. The Balaban J connectivity index is 1.80. The molecule has 2 aromatic rings. The molecule has 0 spiro atoms. The van der Waals surface area contributed by atoms with Gasteiger partial charge in [-0.15, -0.1) is 0 Å². The van der Waals surface area contributed by atoms with Gasteiger partial charge in [0.25, 0.3) is 11.7 Å². The highest BCUT2D eigenvalue weighted by molar-refractivity contribution is 6.46. The molecule has 7 nitrogen and oxygen atoms in total. The SMILES string of the molecule is Cc1ccc(C2/C(=C(/O)c3ccc4c(c3)CC(C)O4)C(=O)C(=O)N2CCN(C)C)o1. The van der Waals surface area contributed by atoms with E-state index in [0.717, 1.165) is 17.7 Å². The quantitative estimate of drug-likeness (QED) is 0.464. The first-order chi connectivity index (χ1) is 14.3. The lowest BCUT2D eigenvalue weighted by Crippen LogP contribution is -2.35. The number of likely N-dealkylation sites (N-methyl/N-ethyl adjacent to an activating group) is 1. The van der Waals surface area contributed by atoms with Gasteiger partial charge in [0.05, 0.1) is 5.57 Å². The number of amides is 1. The number of ketones is 1. The second kappa shape index (κ2) is 7.65. The van der Waals surface area contributed by atoms with Crippen molar-refractivity contribution in [3.8, 4) is 5.75 Å². The third-order valence-electron chi connectivity index (χ3n) is 5.53. The Kier molecular flexibility index (Phi) is 5.15. The molecule has 1 fully saturated rings. The van der Waals surface area contributed by atoms with Crippen molar-refractivity contribution in [3.63, 3.8) is 0 Å². The van der Waals surface area contributed by atoms with Gasteiger partial charge in [0.15, 0.2) is 0 Å². The van der Waals surface area contributed by atoms with Gasteiger partial charge in [-0.05, 0) is 63.8 Å². The van der Waals surface area contributed by atoms with E-state index in [0.29, 0.717) is 30.2 Å². The number of ether oxygens (including phenoxy) is 1. The largest absolute Gasteiger partial charge is 0.507 e. The van der Waals surface area contributed by atoms with Crippen LogP contribution in [0.3, 0.4) is 0 Å². The third kappa shape index (κ3) is 3.50. The molecular weight excluding hydrogens is 384 g/mol. The summed E-state index contributed by atoms with van der Waals surface area (Å²) in [6, 6.07) is 8.11. The lowest BCUT2D eigenvalue weighted by molar-refractivity contribution is -0.140. The molecule has 30 heavy (non-hydrogen) atoms. The zero-order chi connectivity index (χ0) is 21.6. The maximum absolute atomic E-state index is 13.0. The molecule has 0 bridgehead atoms. The molecule has 0 saturated carbocycles. The molecule has 2 aliphatic heterocycles. The van der Waals surface area contributed by atoms with E-state index < -0.39 is 17.7 Å². The molecule has 0 aliphatic carbocycles. The van der Waals surface area contributed by atoms with Gasteiger partial charge in [0, 0.05) is 25.1 Å². The second-order valence-electron chi connectivity index (χ2n) is 8.20. The van der Waals surface area contributed by atoms with Gasteiger partial charge in [0.1, 0.15) is 35.2 Å². The molecule has 4 rings (SSSR count). The molecule has 158 valence electrons. The van der Waals surface area contributed by atoms with Crippen LogP contribution in [0, 0.1) is 6.92 Å². The summed E-state index contributed by atoms with van der Waals surface area (Å²) < 4.78 is 11.5. The van der Waals surface area contributed by atoms with Crippen LogP contribution in [0.1, 0.15) is 35.6 Å². The predicted octanol–water partition coefficient (Wildman–Crippen LogP) is 2.89. The number of carbonyl (C=O) groups excluding carboxylic acids is 2. The molecule has 1 amide bonds. The number of Topliss-reactive ketones (excluding diaryl/α,β-unsaturated/α-hetero) is 1. The lowest BCUT2D eigenvalue weighted by atomic mass is 9.97. The van der Waals surface area contributed by atoms with Crippen molar-refractivity contribution in [1.82, 2.24) is 9.80 Å². The number of hydrogen-bond acceptors (Lipinski definition) is 6. The number of furan rings is 1. The topological polar surface area (TPSA) is 83.2 Å². The molecule has 7 heteroatoms. The Hall–Kier alpha value is -3.06. The van der Waals surface area contributed by atoms with E-state index in [1.54, 1.807) is 31.2 Å². The molecule has 1 N–H and O–H groups in total. The van der Waals surface area contributed by atoms with Crippen LogP contribution in [0.25, 0.3) is 5.76 Å². The molecule has 2 aliphatic rings. The fourth-order valence-electron chi connectivity index (χ4n) is 4.04. The van der Waals surface area contributed by atoms with Gasteiger partial charge in [0.2, 0.25) is 0 Å². The van der Waals surface area contributed by atoms with Crippen molar-refractivity contribution in [2.75, 3.05) is 27.2 Å². The van der Waals surface area contributed by atoms with Crippen LogP contribution in [-0.2, 0) is 16.0 Å². The summed E-state index contributed by atoms with van der Waals surface area (Å²) >= 11 is 0. The first-order valence-corrected chi connectivity index (χ1v) is 10.1. The second-order valence-corrected chi connectivity index (χ2v) is 8.20. The number of benzene rings is 1. The van der Waals surface area contributed by atoms with Crippen LogP contribution in [-0.4, -0.2) is 59.9 Å². The maximum Gasteiger partial charge on any atom is 0.295 e. The van der Waals surface area contributed by atoms with Crippen molar-refractivity contribution >= 4 is 17.4 Å². The van der Waals surface area contributed by atoms with Crippen LogP contribution in [0.2, 0.25) is 0 Å². The fraction of sp³-hybridized carbons (Fsp3) is 0.391. The molecule has 1 aromatic carbocycles. The summed E-state index contributed by atoms with van der Waals surface area (Å²) in [5.74, 6) is 0.397. The number of rotatable bonds is 5. The average molecular weight is 410 g/mol. The molecule has 1 aromatic heterocycles. The van der Waals surface area contributed by atoms with E-state index in [4.69, 9.17) is 9.15 Å². The Morgan fingerprint density at radius 3 is 2.67 bits per heavy atom. The van der Waals surface area contributed by atoms with E-state index in [-0.39, 0.29) is 17.4 Å². The summed E-state index contributed by atoms with van der Waals surface area (Å²) in [5.41, 5.74) is 1.52. The minimum absolute atomic E-state index is 0.0556. The van der Waals surface area contributed by atoms with Gasteiger partial charge in [-0.1, -0.05) is 0 Å². The van der Waals surface area contributed by atoms with E-state index in [1.807, 2.05) is 32.0 Å². The Morgan fingerprint density at radius 2 is 2.00 bits per heavy atom. The van der Waals surface area contributed by atoms with Crippen molar-refractivity contribution in [3.05, 3.63) is 58.6 Å². The maximum atomic E-state index is 13.0. The Morgan fingerprint density at radius 1 is 1.23 bits per heavy atom. The van der Waals surface area contributed by atoms with Gasteiger partial charge < -0.3 is 24.1 Å². The Labute approximate surface area is 175 Å². The van der Waals surface area contributed by atoms with Crippen molar-refractivity contribution in [2.45, 2.75) is 32.4 Å². The highest BCUT2D eigenvalue weighted by Crippen LogP contribution is 2.40. The molecule has 1 saturated heterocycles. The van der Waals surface area contributed by atoms with Crippen LogP contribution >= 0.6 is 0 Å². The normalized spacial score (nSPS) is 22.6. The fourth-order valence-corrected chi connectivity index (χ4v) is 4.04. The first-order valence-electron chi connectivity index (χ1n) is 10.1. The molecule has 2 atom stereocenters. The number of aryl methyl sites for hydroxylation is 1. The van der Waals surface area contributed by atoms with Gasteiger partial charge in [-0.2, -0.15) is 0 Å². The van der Waals surface area contributed by atoms with Crippen LogP contribution < -0.4 is 4.74 Å². The standard InChI is InChI=1S/C23H26N2O5/c1-13-5-7-18(29-13)20-19(22(27)23(28)25(20)10-9-24(3)4)21(26)15-6-8-17-16(12-15)11-14(2)30-17/h5-8,12,14,20,26H,9-11H2,1-4H3/b21-19-. The van der Waals surface area contributed by atoms with Crippen molar-refractivity contribution < 1.29 is 23.8 Å². The predicted molar refractivity (Wildman–Crippen MR) is 111 cm³/mol. The number of carbonyl (C=O) groups is 2. The van der Waals surface area contributed by atoms with Crippen LogP contribution in [0.15, 0.2) is 40.3 Å². The number of nitrogens with zero attached hydrogens (tertiary/aromatic N) is 2. The highest BCUT2D eigenvalue weighted by atomic mass is 16.5. The summed E-state index contributed by atoms with van der Waals surface area (Å²) in [4.78, 5) is 29.2. The molecule has 0 radical (unpaired) electrons. The minimum atomic E-state index is -0.762. The van der Waals surface area contributed by atoms with E-state index in [9.17, 15) is 14.7 Å². The number of aliphatic hydroxyl groups is 1. The summed E-state index contributed by atoms with van der Waals surface area (Å²) in [6.45, 7) is 4.71. The molecule has 3 heterocycles. The number of aliphatic hydroxyl groups excluding tert-OH is 1. The van der Waals surface area contributed by atoms with E-state index >= 15 is 0 Å². The van der Waals surface area contributed by atoms with Crippen LogP contribution in [0.5, 0.6) is 5.75 Å². The summed E-state index contributed by atoms with van der Waals surface area (Å²) in [5, 5.41) is 11.1. The number of hydrogen-bond donors (Lipinski definition) is 1. The zero-order valence-electron chi connectivity index (χ0n) is 17.6. The smallest absolute Gasteiger partial charge is 0.295 e. The monoisotopic (exact) mass is 410 g/mol. The molecule has 2 unspecified atom stereocenters. The van der Waals surface area contributed by atoms with E-state index in [1.165, 1.54) is 4.90 Å². The van der Waals surface area contributed by atoms with E-state index in [2.05, 4.69) is 0 Å². The molecular formula is C23H26N2O5. The first kappa shape index (κ1) is 20.2. The van der Waals surface area contributed by atoms with Crippen molar-refractivity contribution in [1.29, 1.82) is 0 Å². The van der Waals surface area contributed by atoms with Gasteiger partial charge in [-0.3, -0.25) is 9.59 Å². The van der Waals surface area contributed by atoms with Crippen LogP contribution in [0.4, 0.5) is 0 Å².